The highest BCUT2D eigenvalue weighted by molar-refractivity contribution is 5.91. The van der Waals surface area contributed by atoms with Gasteiger partial charge in [-0.05, 0) is 30.2 Å². The van der Waals surface area contributed by atoms with Gasteiger partial charge in [-0.3, -0.25) is 4.98 Å². The zero-order valence-electron chi connectivity index (χ0n) is 8.08. The molecule has 0 spiro atoms. The van der Waals surface area contributed by atoms with E-state index in [-0.39, 0.29) is 0 Å². The summed E-state index contributed by atoms with van der Waals surface area (Å²) >= 11 is 0. The third kappa shape index (κ3) is 0.939. The van der Waals surface area contributed by atoms with Crippen LogP contribution < -0.4 is 4.74 Å². The summed E-state index contributed by atoms with van der Waals surface area (Å²) < 4.78 is 5.61. The molecule has 0 fully saturated rings. The number of hydrogen-bond acceptors (Lipinski definition) is 2. The standard InChI is InChI=1S/C12H11NO/c1-8-2-3-10-11-9(5-7-14-10)4-6-13-12(8)11/h2-4,6H,5,7H2,1H3. The fraction of sp³-hybridized carbons (Fsp3) is 0.250. The number of benzene rings is 1. The van der Waals surface area contributed by atoms with Crippen molar-refractivity contribution >= 4 is 10.9 Å². The molecule has 0 amide bonds. The molecule has 2 heterocycles. The third-order valence-electron chi connectivity index (χ3n) is 2.77. The Kier molecular flexibility index (Phi) is 1.51. The van der Waals surface area contributed by atoms with Gasteiger partial charge < -0.3 is 4.74 Å². The Labute approximate surface area is 82.5 Å². The van der Waals surface area contributed by atoms with Gasteiger partial charge in [0.1, 0.15) is 5.75 Å². The number of ether oxygens (including phenoxy) is 1. The van der Waals surface area contributed by atoms with Crippen molar-refractivity contribution in [2.24, 2.45) is 0 Å². The lowest BCUT2D eigenvalue weighted by Gasteiger charge is -2.18. The Morgan fingerprint density at radius 2 is 2.21 bits per heavy atom. The monoisotopic (exact) mass is 185 g/mol. The van der Waals surface area contributed by atoms with E-state index in [1.54, 1.807) is 0 Å². The highest BCUT2D eigenvalue weighted by Crippen LogP contribution is 2.32. The zero-order valence-corrected chi connectivity index (χ0v) is 8.08. The van der Waals surface area contributed by atoms with Crippen molar-refractivity contribution in [3.05, 3.63) is 35.5 Å². The number of nitrogens with zero attached hydrogens (tertiary/aromatic N) is 1. The molecule has 0 unspecified atom stereocenters. The molecule has 2 heteroatoms. The first-order valence-corrected chi connectivity index (χ1v) is 4.86. The highest BCUT2D eigenvalue weighted by atomic mass is 16.5. The first-order valence-electron chi connectivity index (χ1n) is 4.86. The molecular formula is C12H11NO. The normalized spacial score (nSPS) is 14.1. The van der Waals surface area contributed by atoms with Crippen LogP contribution in [0.4, 0.5) is 0 Å². The van der Waals surface area contributed by atoms with E-state index < -0.39 is 0 Å². The zero-order chi connectivity index (χ0) is 9.54. The second kappa shape index (κ2) is 2.71. The summed E-state index contributed by atoms with van der Waals surface area (Å²) in [6.45, 7) is 2.87. The molecule has 0 saturated carbocycles. The molecule has 0 atom stereocenters. The van der Waals surface area contributed by atoms with E-state index in [1.165, 1.54) is 16.5 Å². The van der Waals surface area contributed by atoms with Crippen LogP contribution in [0.3, 0.4) is 0 Å². The van der Waals surface area contributed by atoms with E-state index in [0.29, 0.717) is 0 Å². The van der Waals surface area contributed by atoms with Crippen LogP contribution in [-0.2, 0) is 6.42 Å². The molecule has 1 aliphatic heterocycles. The van der Waals surface area contributed by atoms with Crippen molar-refractivity contribution in [3.8, 4) is 5.75 Å². The largest absolute Gasteiger partial charge is 0.493 e. The van der Waals surface area contributed by atoms with Crippen LogP contribution in [0.1, 0.15) is 11.1 Å². The Balaban J connectivity index is 2.51. The first-order chi connectivity index (χ1) is 6.86. The summed E-state index contributed by atoms with van der Waals surface area (Å²) in [5.41, 5.74) is 3.66. The Morgan fingerprint density at radius 1 is 1.29 bits per heavy atom. The van der Waals surface area contributed by atoms with Crippen molar-refractivity contribution in [1.82, 2.24) is 4.98 Å². The van der Waals surface area contributed by atoms with Gasteiger partial charge in [0.05, 0.1) is 12.1 Å². The fourth-order valence-electron chi connectivity index (χ4n) is 2.04. The maximum atomic E-state index is 5.61. The van der Waals surface area contributed by atoms with Gasteiger partial charge in [-0.2, -0.15) is 0 Å². The Morgan fingerprint density at radius 3 is 3.14 bits per heavy atom. The fourth-order valence-corrected chi connectivity index (χ4v) is 2.04. The maximum Gasteiger partial charge on any atom is 0.129 e. The highest BCUT2D eigenvalue weighted by Gasteiger charge is 2.14. The van der Waals surface area contributed by atoms with Crippen molar-refractivity contribution in [2.45, 2.75) is 13.3 Å². The van der Waals surface area contributed by atoms with Crippen molar-refractivity contribution in [1.29, 1.82) is 0 Å². The molecule has 0 saturated heterocycles. The van der Waals surface area contributed by atoms with Gasteiger partial charge in [0, 0.05) is 18.0 Å². The minimum atomic E-state index is 0.787. The summed E-state index contributed by atoms with van der Waals surface area (Å²) in [5.74, 6) is 0.986. The average molecular weight is 185 g/mol. The third-order valence-corrected chi connectivity index (χ3v) is 2.77. The Bertz CT molecular complexity index is 495. The van der Waals surface area contributed by atoms with Crippen LogP contribution in [-0.4, -0.2) is 11.6 Å². The van der Waals surface area contributed by atoms with Crippen LogP contribution >= 0.6 is 0 Å². The first kappa shape index (κ1) is 7.80. The second-order valence-corrected chi connectivity index (χ2v) is 3.67. The molecule has 70 valence electrons. The average Bonchev–Trinajstić information content (AvgIpc) is 2.24. The molecule has 1 aromatic heterocycles. The molecule has 1 aromatic carbocycles. The molecule has 0 N–H and O–H groups in total. The van der Waals surface area contributed by atoms with E-state index in [1.807, 2.05) is 12.3 Å². The molecule has 2 nitrogen and oxygen atoms in total. The molecular weight excluding hydrogens is 174 g/mol. The molecule has 0 radical (unpaired) electrons. The number of aryl methyl sites for hydroxylation is 1. The number of rotatable bonds is 0. The number of aromatic nitrogens is 1. The minimum Gasteiger partial charge on any atom is -0.493 e. The smallest absolute Gasteiger partial charge is 0.129 e. The van der Waals surface area contributed by atoms with Crippen LogP contribution in [0.2, 0.25) is 0 Å². The summed E-state index contributed by atoms with van der Waals surface area (Å²) in [5, 5.41) is 1.21. The molecule has 3 rings (SSSR count). The van der Waals surface area contributed by atoms with Gasteiger partial charge in [0.15, 0.2) is 0 Å². The molecule has 0 aliphatic carbocycles. The van der Waals surface area contributed by atoms with Crippen LogP contribution in [0.25, 0.3) is 10.9 Å². The van der Waals surface area contributed by atoms with Crippen LogP contribution in [0.5, 0.6) is 5.75 Å². The number of pyridine rings is 1. The van der Waals surface area contributed by atoms with Crippen molar-refractivity contribution in [3.63, 3.8) is 0 Å². The van der Waals surface area contributed by atoms with E-state index in [0.717, 1.165) is 24.3 Å². The van der Waals surface area contributed by atoms with Gasteiger partial charge in [-0.25, -0.2) is 0 Å². The molecule has 1 aliphatic rings. The quantitative estimate of drug-likeness (QED) is 0.629. The summed E-state index contributed by atoms with van der Waals surface area (Å²) in [7, 11) is 0. The number of hydrogen-bond donors (Lipinski definition) is 0. The summed E-state index contributed by atoms with van der Waals surface area (Å²) in [6, 6.07) is 6.20. The van der Waals surface area contributed by atoms with E-state index >= 15 is 0 Å². The van der Waals surface area contributed by atoms with E-state index in [2.05, 4.69) is 24.0 Å². The summed E-state index contributed by atoms with van der Waals surface area (Å²) in [4.78, 5) is 4.40. The lowest BCUT2D eigenvalue weighted by atomic mass is 10.0. The van der Waals surface area contributed by atoms with Crippen molar-refractivity contribution < 1.29 is 4.74 Å². The van der Waals surface area contributed by atoms with Gasteiger partial charge in [-0.1, -0.05) is 6.07 Å². The molecule has 0 bridgehead atoms. The van der Waals surface area contributed by atoms with Gasteiger partial charge >= 0.3 is 0 Å². The lowest BCUT2D eigenvalue weighted by molar-refractivity contribution is 0.318. The Hall–Kier alpha value is -1.57. The molecule has 2 aromatic rings. The van der Waals surface area contributed by atoms with E-state index in [9.17, 15) is 0 Å². The predicted octanol–water partition coefficient (Wildman–Crippen LogP) is 2.48. The minimum absolute atomic E-state index is 0.787. The van der Waals surface area contributed by atoms with Gasteiger partial charge in [0.25, 0.3) is 0 Å². The SMILES string of the molecule is Cc1ccc2c3c(ccnc13)CCO2. The van der Waals surface area contributed by atoms with Crippen LogP contribution in [0.15, 0.2) is 24.4 Å². The van der Waals surface area contributed by atoms with Crippen LogP contribution in [0, 0.1) is 6.92 Å². The predicted molar refractivity (Wildman–Crippen MR) is 55.7 cm³/mol. The van der Waals surface area contributed by atoms with Gasteiger partial charge in [0.2, 0.25) is 0 Å². The van der Waals surface area contributed by atoms with E-state index in [4.69, 9.17) is 4.74 Å². The second-order valence-electron chi connectivity index (χ2n) is 3.67. The van der Waals surface area contributed by atoms with Crippen molar-refractivity contribution in [2.75, 3.05) is 6.61 Å². The maximum absolute atomic E-state index is 5.61. The van der Waals surface area contributed by atoms with Gasteiger partial charge in [-0.15, -0.1) is 0 Å². The topological polar surface area (TPSA) is 22.1 Å². The molecule has 14 heavy (non-hydrogen) atoms. The lowest BCUT2D eigenvalue weighted by Crippen LogP contribution is -2.09. The summed E-state index contributed by atoms with van der Waals surface area (Å²) in [6.07, 6.45) is 2.88.